The van der Waals surface area contributed by atoms with E-state index in [2.05, 4.69) is 12.2 Å². The van der Waals surface area contributed by atoms with Crippen LogP contribution in [-0.2, 0) is 9.59 Å². The van der Waals surface area contributed by atoms with Crippen molar-refractivity contribution in [3.63, 3.8) is 0 Å². The predicted molar refractivity (Wildman–Crippen MR) is 108 cm³/mol. The van der Waals surface area contributed by atoms with Crippen LogP contribution in [0, 0.1) is 23.7 Å². The number of halogens is 2. The summed E-state index contributed by atoms with van der Waals surface area (Å²) < 4.78 is 5.31. The van der Waals surface area contributed by atoms with E-state index in [1.54, 1.807) is 18.2 Å². The first-order chi connectivity index (χ1) is 13.9. The van der Waals surface area contributed by atoms with Gasteiger partial charge in [0.25, 0.3) is 0 Å². The summed E-state index contributed by atoms with van der Waals surface area (Å²) in [6.07, 6.45) is 5.00. The highest BCUT2D eigenvalue weighted by molar-refractivity contribution is 6.35. The van der Waals surface area contributed by atoms with Gasteiger partial charge in [-0.3, -0.25) is 14.5 Å². The number of anilines is 1. The summed E-state index contributed by atoms with van der Waals surface area (Å²) in [5.41, 5.74) is 0.746. The van der Waals surface area contributed by atoms with Gasteiger partial charge in [-0.05, 0) is 60.7 Å². The highest BCUT2D eigenvalue weighted by Gasteiger charge is 2.59. The highest BCUT2D eigenvalue weighted by atomic mass is 35.5. The molecule has 2 aromatic rings. The summed E-state index contributed by atoms with van der Waals surface area (Å²) in [5, 5.41) is 0.665. The number of carbonyl (C=O) groups is 3. The van der Waals surface area contributed by atoms with Gasteiger partial charge in [0.05, 0.1) is 28.1 Å². The summed E-state index contributed by atoms with van der Waals surface area (Å²) in [7, 11) is 0. The number of hydrogen-bond acceptors (Lipinski definition) is 4. The van der Waals surface area contributed by atoms with E-state index < -0.39 is 5.97 Å². The maximum absolute atomic E-state index is 12.9. The number of imide groups is 1. The van der Waals surface area contributed by atoms with Gasteiger partial charge in [0.15, 0.2) is 0 Å². The van der Waals surface area contributed by atoms with Crippen LogP contribution in [0.5, 0.6) is 5.75 Å². The van der Waals surface area contributed by atoms with Crippen molar-refractivity contribution in [1.82, 2.24) is 0 Å². The van der Waals surface area contributed by atoms with E-state index in [0.29, 0.717) is 10.7 Å². The van der Waals surface area contributed by atoms with Gasteiger partial charge in [0.2, 0.25) is 11.8 Å². The maximum Gasteiger partial charge on any atom is 0.343 e. The van der Waals surface area contributed by atoms with E-state index in [0.717, 1.165) is 6.42 Å². The number of carbonyl (C=O) groups excluding carboxylic acids is 3. The summed E-state index contributed by atoms with van der Waals surface area (Å²) >= 11 is 11.9. The predicted octanol–water partition coefficient (Wildman–Crippen LogP) is 4.52. The third-order valence-corrected chi connectivity index (χ3v) is 6.46. The number of nitrogens with zero attached hydrogens (tertiary/aromatic N) is 1. The van der Waals surface area contributed by atoms with Gasteiger partial charge < -0.3 is 4.74 Å². The number of esters is 1. The van der Waals surface area contributed by atoms with Crippen molar-refractivity contribution < 1.29 is 19.1 Å². The number of fused-ring (bicyclic) bond motifs is 5. The molecule has 1 saturated carbocycles. The van der Waals surface area contributed by atoms with Crippen LogP contribution in [0.4, 0.5) is 5.69 Å². The van der Waals surface area contributed by atoms with E-state index in [9.17, 15) is 14.4 Å². The largest absolute Gasteiger partial charge is 0.421 e. The summed E-state index contributed by atoms with van der Waals surface area (Å²) in [6, 6.07) is 10.8. The van der Waals surface area contributed by atoms with Crippen LogP contribution < -0.4 is 9.64 Å². The van der Waals surface area contributed by atoms with Crippen LogP contribution in [0.15, 0.2) is 54.6 Å². The third kappa shape index (κ3) is 2.88. The first kappa shape index (κ1) is 18.4. The van der Waals surface area contributed by atoms with Gasteiger partial charge in [-0.15, -0.1) is 0 Å². The number of rotatable bonds is 3. The zero-order valence-corrected chi connectivity index (χ0v) is 16.6. The molecular weight excluding hydrogens is 413 g/mol. The maximum atomic E-state index is 12.9. The molecule has 2 fully saturated rings. The first-order valence-corrected chi connectivity index (χ1v) is 10.0. The van der Waals surface area contributed by atoms with E-state index >= 15 is 0 Å². The second kappa shape index (κ2) is 6.71. The average Bonchev–Trinajstić information content (AvgIpc) is 3.38. The first-order valence-electron chi connectivity index (χ1n) is 9.27. The number of hydrogen-bond donors (Lipinski definition) is 0. The SMILES string of the molecule is O=C(Oc1ccc(Cl)cc1Cl)c1ccc(N2C(=O)[C@H]3[C@H](C2=O)[C@H]2C=C[C@H]3C2)cc1. The minimum Gasteiger partial charge on any atom is -0.421 e. The fraction of sp³-hybridized carbons (Fsp3) is 0.227. The van der Waals surface area contributed by atoms with Crippen LogP contribution in [0.3, 0.4) is 0 Å². The van der Waals surface area contributed by atoms with Gasteiger partial charge >= 0.3 is 5.97 Å². The van der Waals surface area contributed by atoms with Gasteiger partial charge in [-0.2, -0.15) is 0 Å². The van der Waals surface area contributed by atoms with Crippen molar-refractivity contribution in [2.45, 2.75) is 6.42 Å². The van der Waals surface area contributed by atoms with E-state index in [1.807, 2.05) is 0 Å². The normalized spacial score (nSPS) is 26.9. The quantitative estimate of drug-likeness (QED) is 0.312. The molecule has 7 heteroatoms. The molecule has 2 aliphatic carbocycles. The molecule has 5 nitrogen and oxygen atoms in total. The minimum absolute atomic E-state index is 0.153. The topological polar surface area (TPSA) is 63.7 Å². The Morgan fingerprint density at radius 2 is 1.55 bits per heavy atom. The smallest absolute Gasteiger partial charge is 0.343 e. The molecule has 1 heterocycles. The van der Waals surface area contributed by atoms with Crippen molar-refractivity contribution >= 4 is 46.7 Å². The molecule has 29 heavy (non-hydrogen) atoms. The zero-order chi connectivity index (χ0) is 20.3. The lowest BCUT2D eigenvalue weighted by molar-refractivity contribution is -0.123. The number of amides is 2. The number of benzene rings is 2. The second-order valence-corrected chi connectivity index (χ2v) is 8.37. The highest BCUT2D eigenvalue weighted by Crippen LogP contribution is 2.53. The molecule has 1 saturated heterocycles. The Balaban J connectivity index is 1.35. The Kier molecular flexibility index (Phi) is 4.26. The lowest BCUT2D eigenvalue weighted by Gasteiger charge is -2.17. The lowest BCUT2D eigenvalue weighted by atomic mass is 9.85. The van der Waals surface area contributed by atoms with E-state index in [4.69, 9.17) is 27.9 Å². The molecule has 0 unspecified atom stereocenters. The van der Waals surface area contributed by atoms with Gasteiger partial charge in [0.1, 0.15) is 5.75 Å². The monoisotopic (exact) mass is 427 g/mol. The average molecular weight is 428 g/mol. The lowest BCUT2D eigenvalue weighted by Crippen LogP contribution is -2.32. The molecule has 5 rings (SSSR count). The molecule has 0 aromatic heterocycles. The second-order valence-electron chi connectivity index (χ2n) is 7.52. The van der Waals surface area contributed by atoms with E-state index in [-0.39, 0.29) is 51.8 Å². The molecule has 1 aliphatic heterocycles. The van der Waals surface area contributed by atoms with Gasteiger partial charge in [-0.25, -0.2) is 4.79 Å². The molecule has 3 aliphatic rings. The Labute approximate surface area is 176 Å². The van der Waals surface area contributed by atoms with Crippen molar-refractivity contribution in [1.29, 1.82) is 0 Å². The fourth-order valence-corrected chi connectivity index (χ4v) is 5.07. The van der Waals surface area contributed by atoms with Crippen molar-refractivity contribution in [2.24, 2.45) is 23.7 Å². The van der Waals surface area contributed by atoms with Crippen LogP contribution >= 0.6 is 23.2 Å². The number of allylic oxidation sites excluding steroid dienone is 2. The molecule has 4 atom stereocenters. The Hall–Kier alpha value is -2.63. The molecule has 2 bridgehead atoms. The fourth-order valence-electron chi connectivity index (χ4n) is 4.62. The Morgan fingerprint density at radius 3 is 2.14 bits per heavy atom. The third-order valence-electron chi connectivity index (χ3n) is 5.93. The van der Waals surface area contributed by atoms with Crippen LogP contribution in [0.2, 0.25) is 10.0 Å². The summed E-state index contributed by atoms with van der Waals surface area (Å²) in [4.78, 5) is 39.4. The van der Waals surface area contributed by atoms with Crippen LogP contribution in [0.1, 0.15) is 16.8 Å². The van der Waals surface area contributed by atoms with Crippen molar-refractivity contribution in [3.8, 4) is 5.75 Å². The molecule has 2 amide bonds. The molecule has 2 aromatic carbocycles. The zero-order valence-electron chi connectivity index (χ0n) is 15.0. The molecular formula is C22H15Cl2NO4. The molecule has 0 N–H and O–H groups in total. The molecule has 146 valence electrons. The standard InChI is InChI=1S/C22H15Cl2NO4/c23-14-5-8-17(16(24)10-14)29-22(28)11-3-6-15(7-4-11)25-20(26)18-12-1-2-13(9-12)19(18)21(25)27/h1-8,10,12-13,18-19H,9H2/t12-,13-,18+,19+/m0/s1. The van der Waals surface area contributed by atoms with E-state index in [1.165, 1.54) is 29.2 Å². The van der Waals surface area contributed by atoms with Crippen molar-refractivity contribution in [3.05, 3.63) is 70.2 Å². The molecule has 0 radical (unpaired) electrons. The Bertz CT molecular complexity index is 1050. The van der Waals surface area contributed by atoms with Crippen LogP contribution in [-0.4, -0.2) is 17.8 Å². The Morgan fingerprint density at radius 1 is 0.931 bits per heavy atom. The van der Waals surface area contributed by atoms with Gasteiger partial charge in [0, 0.05) is 5.02 Å². The minimum atomic E-state index is -0.598. The van der Waals surface area contributed by atoms with Crippen molar-refractivity contribution in [2.75, 3.05) is 4.90 Å². The number of ether oxygens (including phenoxy) is 1. The molecule has 0 spiro atoms. The van der Waals surface area contributed by atoms with Crippen LogP contribution in [0.25, 0.3) is 0 Å². The van der Waals surface area contributed by atoms with Gasteiger partial charge in [-0.1, -0.05) is 35.4 Å². The summed E-state index contributed by atoms with van der Waals surface area (Å²) in [6.45, 7) is 0. The summed E-state index contributed by atoms with van der Waals surface area (Å²) in [5.74, 6) is -0.900.